The van der Waals surface area contributed by atoms with Gasteiger partial charge in [-0.05, 0) is 30.7 Å². The van der Waals surface area contributed by atoms with Gasteiger partial charge >= 0.3 is 11.9 Å². The van der Waals surface area contributed by atoms with Crippen LogP contribution in [0.3, 0.4) is 0 Å². The zero-order valence-electron chi connectivity index (χ0n) is 12.1. The van der Waals surface area contributed by atoms with Crippen LogP contribution in [-0.2, 0) is 9.59 Å². The van der Waals surface area contributed by atoms with Crippen molar-refractivity contribution in [2.45, 2.75) is 19.3 Å². The third-order valence-electron chi connectivity index (χ3n) is 2.88. The first kappa shape index (κ1) is 17.3. The van der Waals surface area contributed by atoms with Gasteiger partial charge in [-0.3, -0.25) is 9.59 Å². The predicted octanol–water partition coefficient (Wildman–Crippen LogP) is 4.67. The minimum Gasteiger partial charge on any atom is -0.425 e. The Morgan fingerprint density at radius 3 is 1.52 bits per heavy atom. The van der Waals surface area contributed by atoms with E-state index in [4.69, 9.17) is 32.7 Å². The number of benzene rings is 2. The van der Waals surface area contributed by atoms with E-state index in [1.54, 1.807) is 48.5 Å². The summed E-state index contributed by atoms with van der Waals surface area (Å²) in [6.45, 7) is 0. The lowest BCUT2D eigenvalue weighted by Crippen LogP contribution is -2.11. The summed E-state index contributed by atoms with van der Waals surface area (Å²) in [6.07, 6.45) is 0.484. The Morgan fingerprint density at radius 1 is 0.739 bits per heavy atom. The SMILES string of the molecule is O=C(CCCC(=O)Oc1ccccc1Cl)Oc1ccccc1Cl. The summed E-state index contributed by atoms with van der Waals surface area (Å²) in [4.78, 5) is 23.4. The summed E-state index contributed by atoms with van der Waals surface area (Å²) in [7, 11) is 0. The number of rotatable bonds is 6. The second-order valence-electron chi connectivity index (χ2n) is 4.66. The third kappa shape index (κ3) is 5.58. The van der Waals surface area contributed by atoms with Gasteiger partial charge < -0.3 is 9.47 Å². The molecule has 0 saturated heterocycles. The second kappa shape index (κ2) is 8.56. The largest absolute Gasteiger partial charge is 0.425 e. The van der Waals surface area contributed by atoms with Crippen LogP contribution in [0, 0.1) is 0 Å². The monoisotopic (exact) mass is 352 g/mol. The lowest BCUT2D eigenvalue weighted by Gasteiger charge is -2.07. The number of hydrogen-bond donors (Lipinski definition) is 0. The third-order valence-corrected chi connectivity index (χ3v) is 3.51. The van der Waals surface area contributed by atoms with Gasteiger partial charge in [0, 0.05) is 12.8 Å². The van der Waals surface area contributed by atoms with Crippen molar-refractivity contribution in [1.29, 1.82) is 0 Å². The van der Waals surface area contributed by atoms with Gasteiger partial charge in [0.1, 0.15) is 11.5 Å². The molecule has 0 N–H and O–H groups in total. The summed E-state index contributed by atoms with van der Waals surface area (Å²) in [5, 5.41) is 0.720. The standard InChI is InChI=1S/C17H14Cl2O4/c18-12-6-1-3-8-14(12)22-16(20)10-5-11-17(21)23-15-9-4-2-7-13(15)19/h1-4,6-9H,5,10-11H2. The molecule has 2 rings (SSSR count). The van der Waals surface area contributed by atoms with Gasteiger partial charge in [0.25, 0.3) is 0 Å². The van der Waals surface area contributed by atoms with Crippen molar-refractivity contribution in [2.24, 2.45) is 0 Å². The van der Waals surface area contributed by atoms with Crippen molar-refractivity contribution in [2.75, 3.05) is 0 Å². The van der Waals surface area contributed by atoms with Crippen LogP contribution in [0.4, 0.5) is 0 Å². The van der Waals surface area contributed by atoms with Crippen LogP contribution in [0.25, 0.3) is 0 Å². The molecule has 0 radical (unpaired) electrons. The van der Waals surface area contributed by atoms with Crippen LogP contribution in [0.5, 0.6) is 11.5 Å². The number of esters is 2. The Morgan fingerprint density at radius 2 is 1.13 bits per heavy atom. The van der Waals surface area contributed by atoms with Crippen LogP contribution >= 0.6 is 23.2 Å². The van der Waals surface area contributed by atoms with Crippen molar-refractivity contribution in [3.63, 3.8) is 0 Å². The molecule has 0 unspecified atom stereocenters. The van der Waals surface area contributed by atoms with E-state index in [-0.39, 0.29) is 12.8 Å². The summed E-state index contributed by atoms with van der Waals surface area (Å²) in [6, 6.07) is 13.4. The van der Waals surface area contributed by atoms with Crippen molar-refractivity contribution >= 4 is 35.1 Å². The number of halogens is 2. The molecule has 2 aromatic rings. The van der Waals surface area contributed by atoms with E-state index >= 15 is 0 Å². The van der Waals surface area contributed by atoms with Crippen molar-refractivity contribution in [3.05, 3.63) is 58.6 Å². The van der Waals surface area contributed by atoms with Gasteiger partial charge in [0.2, 0.25) is 0 Å². The minimum absolute atomic E-state index is 0.0862. The van der Waals surface area contributed by atoms with Crippen molar-refractivity contribution in [1.82, 2.24) is 0 Å². The number of ether oxygens (including phenoxy) is 2. The first-order valence-electron chi connectivity index (χ1n) is 6.96. The zero-order chi connectivity index (χ0) is 16.7. The fraction of sp³-hybridized carbons (Fsp3) is 0.176. The summed E-state index contributed by atoms with van der Waals surface area (Å²) in [5.41, 5.74) is 0. The van der Waals surface area contributed by atoms with E-state index in [2.05, 4.69) is 0 Å². The lowest BCUT2D eigenvalue weighted by atomic mass is 10.2. The molecule has 0 atom stereocenters. The summed E-state index contributed by atoms with van der Waals surface area (Å²) < 4.78 is 10.2. The number of carbonyl (C=O) groups excluding carboxylic acids is 2. The molecular formula is C17H14Cl2O4. The smallest absolute Gasteiger partial charge is 0.311 e. The quantitative estimate of drug-likeness (QED) is 0.559. The maximum Gasteiger partial charge on any atom is 0.311 e. The number of carbonyl (C=O) groups is 2. The predicted molar refractivity (Wildman–Crippen MR) is 88.0 cm³/mol. The van der Waals surface area contributed by atoms with E-state index in [0.29, 0.717) is 28.0 Å². The molecule has 0 fully saturated rings. The molecule has 0 aliphatic heterocycles. The topological polar surface area (TPSA) is 52.6 Å². The normalized spacial score (nSPS) is 10.2. The number of hydrogen-bond acceptors (Lipinski definition) is 4. The first-order chi connectivity index (χ1) is 11.1. The molecule has 0 aliphatic rings. The van der Waals surface area contributed by atoms with Crippen LogP contribution < -0.4 is 9.47 Å². The van der Waals surface area contributed by atoms with Crippen LogP contribution in [0.2, 0.25) is 10.0 Å². The van der Waals surface area contributed by atoms with E-state index in [1.165, 1.54) is 0 Å². The Labute approximate surface area is 143 Å². The minimum atomic E-state index is -0.455. The highest BCUT2D eigenvalue weighted by atomic mass is 35.5. The van der Waals surface area contributed by atoms with Crippen LogP contribution in [0.1, 0.15) is 19.3 Å². The Hall–Kier alpha value is -2.04. The molecule has 0 bridgehead atoms. The molecule has 120 valence electrons. The molecule has 0 aliphatic carbocycles. The Bertz CT molecular complexity index is 641. The molecule has 4 nitrogen and oxygen atoms in total. The molecule has 23 heavy (non-hydrogen) atoms. The molecule has 0 heterocycles. The zero-order valence-corrected chi connectivity index (χ0v) is 13.6. The second-order valence-corrected chi connectivity index (χ2v) is 5.48. The van der Waals surface area contributed by atoms with E-state index in [9.17, 15) is 9.59 Å². The van der Waals surface area contributed by atoms with Gasteiger partial charge in [-0.1, -0.05) is 47.5 Å². The lowest BCUT2D eigenvalue weighted by molar-refractivity contribution is -0.136. The molecule has 6 heteroatoms. The first-order valence-corrected chi connectivity index (χ1v) is 7.72. The fourth-order valence-corrected chi connectivity index (χ4v) is 2.13. The van der Waals surface area contributed by atoms with Gasteiger partial charge in [-0.2, -0.15) is 0 Å². The van der Waals surface area contributed by atoms with Gasteiger partial charge in [0.05, 0.1) is 10.0 Å². The fourth-order valence-electron chi connectivity index (χ4n) is 1.78. The van der Waals surface area contributed by atoms with Crippen molar-refractivity contribution < 1.29 is 19.1 Å². The highest BCUT2D eigenvalue weighted by Crippen LogP contribution is 2.25. The van der Waals surface area contributed by atoms with E-state index in [0.717, 1.165) is 0 Å². The van der Waals surface area contributed by atoms with Crippen LogP contribution in [-0.4, -0.2) is 11.9 Å². The average Bonchev–Trinajstić information content (AvgIpc) is 2.52. The molecule has 0 amide bonds. The van der Waals surface area contributed by atoms with E-state index in [1.807, 2.05) is 0 Å². The highest BCUT2D eigenvalue weighted by molar-refractivity contribution is 6.32. The molecule has 0 spiro atoms. The number of para-hydroxylation sites is 2. The summed E-state index contributed by atoms with van der Waals surface area (Å²) >= 11 is 11.8. The maximum absolute atomic E-state index is 11.7. The molecule has 2 aromatic carbocycles. The van der Waals surface area contributed by atoms with Gasteiger partial charge in [0.15, 0.2) is 0 Å². The molecule has 0 saturated carbocycles. The maximum atomic E-state index is 11.7. The summed E-state index contributed by atoms with van der Waals surface area (Å²) in [5.74, 6) is -0.303. The Balaban J connectivity index is 1.74. The average molecular weight is 353 g/mol. The molecule has 0 aromatic heterocycles. The molecular weight excluding hydrogens is 339 g/mol. The Kier molecular flexibility index (Phi) is 6.44. The van der Waals surface area contributed by atoms with E-state index < -0.39 is 11.9 Å². The van der Waals surface area contributed by atoms with Gasteiger partial charge in [-0.15, -0.1) is 0 Å². The van der Waals surface area contributed by atoms with Crippen molar-refractivity contribution in [3.8, 4) is 11.5 Å². The van der Waals surface area contributed by atoms with Crippen LogP contribution in [0.15, 0.2) is 48.5 Å². The highest BCUT2D eigenvalue weighted by Gasteiger charge is 2.11. The van der Waals surface area contributed by atoms with Gasteiger partial charge in [-0.25, -0.2) is 0 Å².